The van der Waals surface area contributed by atoms with Crippen molar-refractivity contribution < 1.29 is 23.6 Å². The number of benzene rings is 1. The van der Waals surface area contributed by atoms with Crippen LogP contribution in [-0.2, 0) is 9.47 Å². The summed E-state index contributed by atoms with van der Waals surface area (Å²) in [5.41, 5.74) is 4.87. The number of nitrogens with one attached hydrogen (secondary N) is 1. The van der Waals surface area contributed by atoms with Crippen molar-refractivity contribution in [1.29, 1.82) is 0 Å². The predicted octanol–water partition coefficient (Wildman–Crippen LogP) is 3.34. The number of pyridine rings is 1. The van der Waals surface area contributed by atoms with E-state index in [0.29, 0.717) is 53.6 Å². The lowest BCUT2D eigenvalue weighted by molar-refractivity contribution is -0.127. The van der Waals surface area contributed by atoms with Crippen LogP contribution >= 0.6 is 0 Å². The van der Waals surface area contributed by atoms with Gasteiger partial charge < -0.3 is 29.1 Å². The highest BCUT2D eigenvalue weighted by atomic mass is 16.6. The molecule has 12 heteroatoms. The van der Waals surface area contributed by atoms with Crippen molar-refractivity contribution in [3.63, 3.8) is 0 Å². The van der Waals surface area contributed by atoms with Gasteiger partial charge in [0.2, 0.25) is 11.7 Å². The van der Waals surface area contributed by atoms with E-state index in [-0.39, 0.29) is 17.9 Å². The van der Waals surface area contributed by atoms with E-state index in [1.54, 1.807) is 22.5 Å². The first-order valence-corrected chi connectivity index (χ1v) is 13.4. The maximum atomic E-state index is 13.4. The van der Waals surface area contributed by atoms with Crippen LogP contribution in [0.3, 0.4) is 0 Å². The van der Waals surface area contributed by atoms with Gasteiger partial charge in [-0.25, -0.2) is 9.31 Å². The molecule has 0 atom stereocenters. The van der Waals surface area contributed by atoms with Gasteiger partial charge in [-0.3, -0.25) is 4.79 Å². The first-order valence-electron chi connectivity index (χ1n) is 13.4. The molecular weight excluding hydrogens is 514 g/mol. The first-order chi connectivity index (χ1) is 19.4. The van der Waals surface area contributed by atoms with E-state index in [9.17, 15) is 9.59 Å². The van der Waals surface area contributed by atoms with E-state index in [4.69, 9.17) is 14.0 Å². The third-order valence-corrected chi connectivity index (χ3v) is 7.93. The second-order valence-corrected chi connectivity index (χ2v) is 10.9. The molecule has 0 radical (unpaired) electrons. The van der Waals surface area contributed by atoms with Crippen molar-refractivity contribution in [2.24, 2.45) is 5.41 Å². The van der Waals surface area contributed by atoms with Gasteiger partial charge in [-0.15, -0.1) is 0 Å². The Morgan fingerprint density at radius 3 is 2.75 bits per heavy atom. The number of likely N-dealkylation sites (tertiary alicyclic amines) is 1. The van der Waals surface area contributed by atoms with Gasteiger partial charge >= 0.3 is 6.09 Å². The topological polar surface area (TPSA) is 127 Å². The largest absolute Gasteiger partial charge is 0.450 e. The minimum Gasteiger partial charge on any atom is -0.450 e. The summed E-state index contributed by atoms with van der Waals surface area (Å²) in [6.45, 7) is 8.57. The van der Waals surface area contributed by atoms with Crippen LogP contribution in [0.5, 0.6) is 0 Å². The minimum absolute atomic E-state index is 0.0281. The number of hydrogen-bond donors (Lipinski definition) is 1. The number of carbonyl (C=O) groups excluding carboxylic acids is 2. The third-order valence-electron chi connectivity index (χ3n) is 7.93. The molecule has 1 N–H and O–H groups in total. The van der Waals surface area contributed by atoms with Gasteiger partial charge in [0.15, 0.2) is 0 Å². The summed E-state index contributed by atoms with van der Waals surface area (Å²) in [5.74, 6) is 0.619. The smallest absolute Gasteiger partial charge is 0.409 e. The predicted molar refractivity (Wildman–Crippen MR) is 144 cm³/mol. The molecule has 0 unspecified atom stereocenters. The zero-order chi connectivity index (χ0) is 27.4. The van der Waals surface area contributed by atoms with E-state index in [0.717, 1.165) is 43.1 Å². The van der Waals surface area contributed by atoms with Crippen LogP contribution < -0.4 is 10.2 Å². The lowest BCUT2D eigenvalue weighted by Crippen LogP contribution is -2.66. The first kappa shape index (κ1) is 24.6. The molecule has 0 saturated carbocycles. The van der Waals surface area contributed by atoms with Gasteiger partial charge in [0.25, 0.3) is 5.91 Å². The van der Waals surface area contributed by atoms with E-state index in [2.05, 4.69) is 25.5 Å². The number of rotatable bonds is 6. The Kier molecular flexibility index (Phi) is 5.74. The van der Waals surface area contributed by atoms with Crippen LogP contribution in [0.2, 0.25) is 0 Å². The number of carbonyl (C=O) groups is 2. The van der Waals surface area contributed by atoms with Crippen LogP contribution in [0.1, 0.15) is 34.7 Å². The van der Waals surface area contributed by atoms with Crippen molar-refractivity contribution in [3.05, 3.63) is 59.7 Å². The molecule has 3 aliphatic heterocycles. The zero-order valence-corrected chi connectivity index (χ0v) is 22.3. The fourth-order valence-corrected chi connectivity index (χ4v) is 5.46. The number of anilines is 2. The number of aryl methyl sites for hydroxylation is 1. The van der Waals surface area contributed by atoms with Gasteiger partial charge in [0.05, 0.1) is 48.4 Å². The van der Waals surface area contributed by atoms with Gasteiger partial charge in [0.1, 0.15) is 0 Å². The molecule has 4 aromatic rings. The Morgan fingerprint density at radius 1 is 1.18 bits per heavy atom. The van der Waals surface area contributed by atoms with E-state index < -0.39 is 0 Å². The summed E-state index contributed by atoms with van der Waals surface area (Å²) >= 11 is 0. The monoisotopic (exact) mass is 543 g/mol. The van der Waals surface area contributed by atoms with Crippen molar-refractivity contribution in [2.75, 3.05) is 56.2 Å². The highest BCUT2D eigenvalue weighted by Gasteiger charge is 2.49. The van der Waals surface area contributed by atoms with Crippen molar-refractivity contribution in [1.82, 2.24) is 24.7 Å². The highest BCUT2D eigenvalue weighted by Crippen LogP contribution is 2.40. The molecule has 6 heterocycles. The molecule has 7 rings (SSSR count). The molecule has 2 amide bonds. The van der Waals surface area contributed by atoms with E-state index in [1.165, 1.54) is 0 Å². The summed E-state index contributed by atoms with van der Waals surface area (Å²) in [4.78, 5) is 33.7. The molecule has 40 heavy (non-hydrogen) atoms. The van der Waals surface area contributed by atoms with Crippen LogP contribution in [-0.4, -0.2) is 82.7 Å². The number of nitrogens with zero attached hydrogens (tertiary/aromatic N) is 6. The summed E-state index contributed by atoms with van der Waals surface area (Å²) < 4.78 is 17.6. The lowest BCUT2D eigenvalue weighted by atomic mass is 9.78. The zero-order valence-electron chi connectivity index (χ0n) is 22.3. The molecule has 0 aliphatic carbocycles. The lowest BCUT2D eigenvalue weighted by Gasteiger charge is -2.56. The number of amides is 2. The fraction of sp³-hybridized carbons (Fsp3) is 0.393. The number of fused-ring (bicyclic) bond motifs is 1. The molecule has 3 fully saturated rings. The molecule has 206 valence electrons. The molecule has 1 aromatic carbocycles. The second kappa shape index (κ2) is 9.33. The summed E-state index contributed by atoms with van der Waals surface area (Å²) in [6, 6.07) is 9.68. The maximum Gasteiger partial charge on any atom is 0.409 e. The Balaban J connectivity index is 1.06. The SMILES string of the molecule is CCOC(=O)N1CC(c2nc(-c3ccc(C)c(NC(=O)c4cnn5ccc(N6CC7(COC7)C6)cc45)c3)no2)C1. The Bertz CT molecular complexity index is 1610. The summed E-state index contributed by atoms with van der Waals surface area (Å²) in [7, 11) is 0. The summed E-state index contributed by atoms with van der Waals surface area (Å²) in [5, 5.41) is 11.6. The van der Waals surface area contributed by atoms with Crippen molar-refractivity contribution in [3.8, 4) is 11.4 Å². The van der Waals surface area contributed by atoms with Crippen LogP contribution in [0.15, 0.2) is 47.2 Å². The molecule has 3 aromatic heterocycles. The Morgan fingerprint density at radius 2 is 2.00 bits per heavy atom. The van der Waals surface area contributed by atoms with Crippen molar-refractivity contribution in [2.45, 2.75) is 19.8 Å². The van der Waals surface area contributed by atoms with Crippen LogP contribution in [0.25, 0.3) is 16.9 Å². The molecule has 1 spiro atoms. The van der Waals surface area contributed by atoms with Crippen LogP contribution in [0.4, 0.5) is 16.2 Å². The Labute approximate surface area is 229 Å². The summed E-state index contributed by atoms with van der Waals surface area (Å²) in [6.07, 6.45) is 3.14. The average molecular weight is 544 g/mol. The number of ether oxygens (including phenoxy) is 2. The number of aromatic nitrogens is 4. The van der Waals surface area contributed by atoms with E-state index >= 15 is 0 Å². The van der Waals surface area contributed by atoms with Gasteiger partial charge in [-0.2, -0.15) is 10.1 Å². The third kappa shape index (κ3) is 4.15. The Hall–Kier alpha value is -4.45. The molecule has 12 nitrogen and oxygen atoms in total. The second-order valence-electron chi connectivity index (χ2n) is 10.9. The van der Waals surface area contributed by atoms with Gasteiger partial charge in [0, 0.05) is 49.3 Å². The molecule has 3 aliphatic rings. The van der Waals surface area contributed by atoms with Gasteiger partial charge in [-0.1, -0.05) is 17.3 Å². The highest BCUT2D eigenvalue weighted by molar-refractivity contribution is 6.09. The maximum absolute atomic E-state index is 13.4. The minimum atomic E-state index is -0.336. The quantitative estimate of drug-likeness (QED) is 0.389. The molecular formula is C28H29N7O5. The van der Waals surface area contributed by atoms with Gasteiger partial charge in [-0.05, 0) is 37.6 Å². The molecule has 0 bridgehead atoms. The van der Waals surface area contributed by atoms with E-state index in [1.807, 2.05) is 43.5 Å². The molecule has 3 saturated heterocycles. The van der Waals surface area contributed by atoms with Crippen molar-refractivity contribution >= 4 is 28.9 Å². The van der Waals surface area contributed by atoms with Crippen LogP contribution in [0, 0.1) is 12.3 Å². The number of hydrogen-bond acceptors (Lipinski definition) is 9. The fourth-order valence-electron chi connectivity index (χ4n) is 5.46. The normalized spacial score (nSPS) is 17.9. The average Bonchev–Trinajstić information content (AvgIpc) is 3.50. The standard InChI is InChI=1S/C28H29N7O5/c1-3-39-27(37)33-11-19(12-33)26-31-24(32-40-26)18-5-4-17(2)22(8-18)30-25(36)21-10-29-35-7-6-20(9-23(21)35)34-13-28(14-34)15-38-16-28/h4-10,19H,3,11-16H2,1-2H3,(H,30,36).